The minimum atomic E-state index is -0.333. The highest BCUT2D eigenvalue weighted by Crippen LogP contribution is 2.18. The molecule has 0 amide bonds. The van der Waals surface area contributed by atoms with E-state index in [1.165, 1.54) is 0 Å². The number of rotatable bonds is 5. The summed E-state index contributed by atoms with van der Waals surface area (Å²) >= 11 is 0. The molecule has 0 aromatic carbocycles. The van der Waals surface area contributed by atoms with Crippen molar-refractivity contribution in [2.24, 2.45) is 0 Å². The van der Waals surface area contributed by atoms with Crippen molar-refractivity contribution in [3.05, 3.63) is 18.0 Å². The highest BCUT2D eigenvalue weighted by atomic mass is 16.5. The molecular weight excluding hydrogens is 228 g/mol. The van der Waals surface area contributed by atoms with Crippen LogP contribution in [0, 0.1) is 6.92 Å². The number of nitrogens with zero attached hydrogens (tertiary/aromatic N) is 2. The molecule has 102 valence electrons. The monoisotopic (exact) mass is 252 g/mol. The van der Waals surface area contributed by atoms with Gasteiger partial charge in [-0.25, -0.2) is 9.97 Å². The fraction of sp³-hybridized carbons (Fsp3) is 0.714. The van der Waals surface area contributed by atoms with Crippen LogP contribution in [0.25, 0.3) is 0 Å². The smallest absolute Gasteiger partial charge is 0.316 e. The van der Waals surface area contributed by atoms with Crippen molar-refractivity contribution in [2.45, 2.75) is 59.2 Å². The Labute approximate surface area is 110 Å². The molecule has 0 spiro atoms. The fourth-order valence-electron chi connectivity index (χ4n) is 1.33. The van der Waals surface area contributed by atoms with Crippen LogP contribution in [-0.4, -0.2) is 27.8 Å². The molecule has 0 saturated carbocycles. The second-order valence-electron chi connectivity index (χ2n) is 6.12. The Hall–Kier alpha value is -1.16. The van der Waals surface area contributed by atoms with Gasteiger partial charge in [-0.15, -0.1) is 0 Å². The number of hydrogen-bond acceptors (Lipinski definition) is 4. The van der Waals surface area contributed by atoms with Crippen LogP contribution in [0.2, 0.25) is 0 Å². The van der Waals surface area contributed by atoms with Crippen LogP contribution in [-0.2, 0) is 4.74 Å². The first-order valence-corrected chi connectivity index (χ1v) is 6.30. The van der Waals surface area contributed by atoms with Crippen molar-refractivity contribution in [1.29, 1.82) is 0 Å². The van der Waals surface area contributed by atoms with Crippen molar-refractivity contribution in [3.63, 3.8) is 0 Å². The van der Waals surface area contributed by atoms with Crippen molar-refractivity contribution < 1.29 is 9.47 Å². The third-order valence-electron chi connectivity index (χ3n) is 2.36. The molecular formula is C14H24N2O2. The van der Waals surface area contributed by atoms with Gasteiger partial charge in [-0.3, -0.25) is 0 Å². The normalized spacial score (nSPS) is 12.6. The Bertz CT molecular complexity index is 366. The van der Waals surface area contributed by atoms with Crippen LogP contribution in [0.5, 0.6) is 6.01 Å². The average Bonchev–Trinajstić information content (AvgIpc) is 2.18. The van der Waals surface area contributed by atoms with E-state index in [1.54, 1.807) is 12.4 Å². The third-order valence-corrected chi connectivity index (χ3v) is 2.36. The summed E-state index contributed by atoms with van der Waals surface area (Å²) in [6.07, 6.45) is 4.30. The molecule has 0 aliphatic heterocycles. The minimum absolute atomic E-state index is 0.115. The predicted octanol–water partition coefficient (Wildman–Crippen LogP) is 3.15. The van der Waals surface area contributed by atoms with Gasteiger partial charge in [0.15, 0.2) is 0 Å². The largest absolute Gasteiger partial charge is 0.457 e. The summed E-state index contributed by atoms with van der Waals surface area (Å²) in [4.78, 5) is 8.29. The summed E-state index contributed by atoms with van der Waals surface area (Å²) < 4.78 is 11.5. The highest BCUT2D eigenvalue weighted by molar-refractivity contribution is 5.05. The fourth-order valence-corrected chi connectivity index (χ4v) is 1.33. The van der Waals surface area contributed by atoms with Gasteiger partial charge in [-0.05, 0) is 47.1 Å². The molecule has 0 N–H and O–H groups in total. The Morgan fingerprint density at radius 2 is 1.61 bits per heavy atom. The Kier molecular flexibility index (Phi) is 4.68. The van der Waals surface area contributed by atoms with Gasteiger partial charge in [0.05, 0.1) is 12.2 Å². The lowest BCUT2D eigenvalue weighted by molar-refractivity contribution is -0.0309. The second kappa shape index (κ2) is 5.65. The summed E-state index contributed by atoms with van der Waals surface area (Å²) in [5.74, 6) is 0. The summed E-state index contributed by atoms with van der Waals surface area (Å²) in [5, 5.41) is 0. The topological polar surface area (TPSA) is 44.2 Å². The molecule has 0 fully saturated rings. The maximum absolute atomic E-state index is 5.77. The second-order valence-corrected chi connectivity index (χ2v) is 6.12. The zero-order valence-electron chi connectivity index (χ0n) is 12.3. The lowest BCUT2D eigenvalue weighted by atomic mass is 10.1. The van der Waals surface area contributed by atoms with E-state index < -0.39 is 0 Å². The zero-order chi connectivity index (χ0) is 13.8. The van der Waals surface area contributed by atoms with Crippen LogP contribution in [0.3, 0.4) is 0 Å². The predicted molar refractivity (Wildman–Crippen MR) is 71.8 cm³/mol. The van der Waals surface area contributed by atoms with Gasteiger partial charge in [0.2, 0.25) is 0 Å². The van der Waals surface area contributed by atoms with E-state index in [-0.39, 0.29) is 11.2 Å². The molecule has 0 aliphatic carbocycles. The summed E-state index contributed by atoms with van der Waals surface area (Å²) in [5.41, 5.74) is 0.577. The van der Waals surface area contributed by atoms with Crippen molar-refractivity contribution >= 4 is 0 Å². The maximum atomic E-state index is 5.77. The molecule has 4 heteroatoms. The standard InChI is InChI=1S/C14H24N2O2/c1-11-9-15-12(16-10-11)18-14(5,6)7-8-17-13(2,3)4/h9-10H,7-8H2,1-6H3. The van der Waals surface area contributed by atoms with Crippen LogP contribution in [0.15, 0.2) is 12.4 Å². The lowest BCUT2D eigenvalue weighted by Gasteiger charge is -2.27. The van der Waals surface area contributed by atoms with Crippen molar-refractivity contribution in [1.82, 2.24) is 9.97 Å². The molecule has 0 bridgehead atoms. The summed E-state index contributed by atoms with van der Waals surface area (Å²) in [6, 6.07) is 0.418. The van der Waals surface area contributed by atoms with Crippen LogP contribution < -0.4 is 4.74 Å². The van der Waals surface area contributed by atoms with E-state index in [0.717, 1.165) is 12.0 Å². The average molecular weight is 252 g/mol. The van der Waals surface area contributed by atoms with E-state index in [4.69, 9.17) is 9.47 Å². The van der Waals surface area contributed by atoms with Gasteiger partial charge in [0.25, 0.3) is 0 Å². The van der Waals surface area contributed by atoms with Gasteiger partial charge in [0, 0.05) is 18.8 Å². The number of ether oxygens (including phenoxy) is 2. The number of hydrogen-bond donors (Lipinski definition) is 0. The van der Waals surface area contributed by atoms with Crippen molar-refractivity contribution in [3.8, 4) is 6.01 Å². The highest BCUT2D eigenvalue weighted by Gasteiger charge is 2.22. The Morgan fingerprint density at radius 1 is 1.06 bits per heavy atom. The molecule has 0 saturated heterocycles. The molecule has 1 rings (SSSR count). The SMILES string of the molecule is Cc1cnc(OC(C)(C)CCOC(C)(C)C)nc1. The van der Waals surface area contributed by atoms with Crippen LogP contribution in [0.4, 0.5) is 0 Å². The minimum Gasteiger partial charge on any atom is -0.457 e. The first-order valence-electron chi connectivity index (χ1n) is 6.30. The molecule has 0 atom stereocenters. The van der Waals surface area contributed by atoms with Gasteiger partial charge in [0.1, 0.15) is 5.60 Å². The maximum Gasteiger partial charge on any atom is 0.316 e. The number of aryl methyl sites for hydroxylation is 1. The Balaban J connectivity index is 2.46. The van der Waals surface area contributed by atoms with E-state index in [9.17, 15) is 0 Å². The first kappa shape index (κ1) is 14.9. The molecule has 0 radical (unpaired) electrons. The zero-order valence-corrected chi connectivity index (χ0v) is 12.3. The molecule has 0 unspecified atom stereocenters. The molecule has 0 aliphatic rings. The van der Waals surface area contributed by atoms with Crippen LogP contribution in [0.1, 0.15) is 46.6 Å². The quantitative estimate of drug-likeness (QED) is 0.807. The Morgan fingerprint density at radius 3 is 2.11 bits per heavy atom. The summed E-state index contributed by atoms with van der Waals surface area (Å²) in [6.45, 7) is 12.8. The molecule has 18 heavy (non-hydrogen) atoms. The van der Waals surface area contributed by atoms with Gasteiger partial charge >= 0.3 is 6.01 Å². The summed E-state index contributed by atoms with van der Waals surface area (Å²) in [7, 11) is 0. The first-order chi connectivity index (χ1) is 8.18. The van der Waals surface area contributed by atoms with Crippen molar-refractivity contribution in [2.75, 3.05) is 6.61 Å². The molecule has 1 heterocycles. The van der Waals surface area contributed by atoms with E-state index in [2.05, 4.69) is 9.97 Å². The molecule has 1 aromatic heterocycles. The van der Waals surface area contributed by atoms with Gasteiger partial charge < -0.3 is 9.47 Å². The number of aromatic nitrogens is 2. The van der Waals surface area contributed by atoms with Gasteiger partial charge in [-0.1, -0.05) is 0 Å². The van der Waals surface area contributed by atoms with E-state index in [0.29, 0.717) is 12.6 Å². The van der Waals surface area contributed by atoms with Crippen LogP contribution >= 0.6 is 0 Å². The van der Waals surface area contributed by atoms with E-state index in [1.807, 2.05) is 41.5 Å². The third kappa shape index (κ3) is 5.96. The molecule has 1 aromatic rings. The van der Waals surface area contributed by atoms with Gasteiger partial charge in [-0.2, -0.15) is 0 Å². The lowest BCUT2D eigenvalue weighted by Crippen LogP contribution is -2.32. The molecule has 4 nitrogen and oxygen atoms in total. The van der Waals surface area contributed by atoms with E-state index >= 15 is 0 Å².